The molecule has 6 heteroatoms. The lowest BCUT2D eigenvalue weighted by molar-refractivity contribution is -0.119. The van der Waals surface area contributed by atoms with E-state index in [0.29, 0.717) is 30.9 Å². The molecule has 1 heterocycles. The van der Waals surface area contributed by atoms with Gasteiger partial charge in [-0.1, -0.05) is 63.9 Å². The van der Waals surface area contributed by atoms with Gasteiger partial charge in [0.1, 0.15) is 6.61 Å². The molecule has 0 fully saturated rings. The van der Waals surface area contributed by atoms with Crippen molar-refractivity contribution in [2.45, 2.75) is 93.1 Å². The van der Waals surface area contributed by atoms with Crippen molar-refractivity contribution < 1.29 is 19.1 Å². The fraction of sp³-hybridized carbons (Fsp3) is 0.500. The molecule has 5 rings (SSSR count). The molecule has 0 saturated carbocycles. The van der Waals surface area contributed by atoms with E-state index in [1.807, 2.05) is 12.1 Å². The predicted octanol–water partition coefficient (Wildman–Crippen LogP) is 8.75. The van der Waals surface area contributed by atoms with Gasteiger partial charge >= 0.3 is 0 Å². The Labute approximate surface area is 259 Å². The van der Waals surface area contributed by atoms with Crippen LogP contribution in [0.4, 0.5) is 0 Å². The van der Waals surface area contributed by atoms with Crippen molar-refractivity contribution in [1.29, 1.82) is 0 Å². The molecule has 0 N–H and O–H groups in total. The number of carbonyl (C=O) groups excluding carboxylic acids is 2. The van der Waals surface area contributed by atoms with Crippen LogP contribution in [0.25, 0.3) is 0 Å². The average Bonchev–Trinajstić information content (AvgIpc) is 2.86. The Kier molecular flexibility index (Phi) is 8.25. The number of hydrogen-bond acceptors (Lipinski definition) is 5. The van der Waals surface area contributed by atoms with Crippen LogP contribution in [0, 0.1) is 24.7 Å². The standard InChI is InChI=1S/C36H44BrNO4/c1-9-10-38-26-16-35(4,5)18-28(39)32(26)31(33-27(38)17-36(6,7)19-29(33)40)24-14-25(37)34(30(15-24)41-8)42-20-23-12-21(2)11-22(3)13-23/h11-15,31H,9-10,16-20H2,1-8H3. The van der Waals surface area contributed by atoms with Crippen LogP contribution in [0.1, 0.15) is 94.9 Å². The molecule has 0 spiro atoms. The van der Waals surface area contributed by atoms with Gasteiger partial charge in [0.25, 0.3) is 0 Å². The third-order valence-corrected chi connectivity index (χ3v) is 9.31. The van der Waals surface area contributed by atoms with E-state index in [9.17, 15) is 9.59 Å². The minimum Gasteiger partial charge on any atom is -0.493 e. The zero-order valence-electron chi connectivity index (χ0n) is 26.4. The molecule has 0 radical (unpaired) electrons. The number of hydrogen-bond donors (Lipinski definition) is 0. The van der Waals surface area contributed by atoms with Crippen LogP contribution in [0.5, 0.6) is 11.5 Å². The maximum Gasteiger partial charge on any atom is 0.175 e. The monoisotopic (exact) mass is 633 g/mol. The summed E-state index contributed by atoms with van der Waals surface area (Å²) in [7, 11) is 1.64. The number of Topliss-reactive ketones (excluding diaryl/α,β-unsaturated/α-hetero) is 2. The highest BCUT2D eigenvalue weighted by Crippen LogP contribution is 2.55. The second-order valence-electron chi connectivity index (χ2n) is 14.0. The van der Waals surface area contributed by atoms with Crippen molar-refractivity contribution in [1.82, 2.24) is 4.90 Å². The summed E-state index contributed by atoms with van der Waals surface area (Å²) in [6.07, 6.45) is 3.50. The first-order chi connectivity index (χ1) is 19.7. The molecular formula is C36H44BrNO4. The maximum absolute atomic E-state index is 14.0. The van der Waals surface area contributed by atoms with Gasteiger partial charge in [0.05, 0.1) is 11.6 Å². The van der Waals surface area contributed by atoms with Gasteiger partial charge in [0.15, 0.2) is 23.1 Å². The largest absolute Gasteiger partial charge is 0.493 e. The first kappa shape index (κ1) is 30.6. The number of ether oxygens (including phenoxy) is 2. The summed E-state index contributed by atoms with van der Waals surface area (Å²) in [4.78, 5) is 30.4. The molecule has 2 aliphatic carbocycles. The molecule has 224 valence electrons. The van der Waals surface area contributed by atoms with Gasteiger partial charge in [0, 0.05) is 47.8 Å². The third-order valence-electron chi connectivity index (χ3n) is 8.72. The Bertz CT molecular complexity index is 1440. The van der Waals surface area contributed by atoms with E-state index in [1.165, 1.54) is 11.1 Å². The number of ketones is 2. The lowest BCUT2D eigenvalue weighted by atomic mass is 9.63. The molecule has 0 bridgehead atoms. The highest BCUT2D eigenvalue weighted by Gasteiger charge is 2.49. The van der Waals surface area contributed by atoms with E-state index < -0.39 is 5.92 Å². The van der Waals surface area contributed by atoms with Crippen molar-refractivity contribution >= 4 is 27.5 Å². The normalized spacial score (nSPS) is 20.1. The molecule has 3 aliphatic rings. The average molecular weight is 635 g/mol. The van der Waals surface area contributed by atoms with E-state index in [2.05, 4.69) is 87.5 Å². The minimum atomic E-state index is -0.422. The smallest absolute Gasteiger partial charge is 0.175 e. The summed E-state index contributed by atoms with van der Waals surface area (Å²) < 4.78 is 12.9. The topological polar surface area (TPSA) is 55.8 Å². The number of allylic oxidation sites excluding steroid dienone is 4. The van der Waals surface area contributed by atoms with Crippen LogP contribution in [-0.4, -0.2) is 30.1 Å². The molecule has 2 aromatic rings. The molecule has 5 nitrogen and oxygen atoms in total. The third kappa shape index (κ3) is 5.84. The van der Waals surface area contributed by atoms with Crippen LogP contribution < -0.4 is 9.47 Å². The Balaban J connectivity index is 1.65. The van der Waals surface area contributed by atoms with Gasteiger partial charge in [-0.05, 0) is 83.1 Å². The number of halogens is 1. The molecule has 1 aliphatic heterocycles. The predicted molar refractivity (Wildman–Crippen MR) is 171 cm³/mol. The first-order valence-corrected chi connectivity index (χ1v) is 15.9. The molecule has 2 aromatic carbocycles. The van der Waals surface area contributed by atoms with E-state index in [0.717, 1.165) is 63.9 Å². The van der Waals surface area contributed by atoms with Crippen LogP contribution in [0.2, 0.25) is 0 Å². The second-order valence-corrected chi connectivity index (χ2v) is 14.9. The van der Waals surface area contributed by atoms with Crippen molar-refractivity contribution in [3.05, 3.63) is 79.6 Å². The fourth-order valence-corrected chi connectivity index (χ4v) is 7.80. The minimum absolute atomic E-state index is 0.136. The molecule has 0 amide bonds. The van der Waals surface area contributed by atoms with Crippen LogP contribution in [0.15, 0.2) is 57.3 Å². The number of nitrogens with zero attached hydrogens (tertiary/aromatic N) is 1. The zero-order chi connectivity index (χ0) is 30.6. The van der Waals surface area contributed by atoms with Gasteiger partial charge in [-0.15, -0.1) is 0 Å². The SMILES string of the molecule is CCCN1C2=C(C(=O)CC(C)(C)C2)C(c2cc(Br)c(OCc3cc(C)cc(C)c3)c(OC)c2)C2=C1CC(C)(C)CC2=O. The zero-order valence-corrected chi connectivity index (χ0v) is 28.0. The van der Waals surface area contributed by atoms with E-state index in [-0.39, 0.29) is 22.4 Å². The van der Waals surface area contributed by atoms with Gasteiger partial charge in [-0.2, -0.15) is 0 Å². The van der Waals surface area contributed by atoms with E-state index >= 15 is 0 Å². The maximum atomic E-state index is 14.0. The van der Waals surface area contributed by atoms with Crippen LogP contribution in [0.3, 0.4) is 0 Å². The lowest BCUT2D eigenvalue weighted by Gasteiger charge is -2.49. The number of benzene rings is 2. The van der Waals surface area contributed by atoms with Crippen LogP contribution in [-0.2, 0) is 16.2 Å². The van der Waals surface area contributed by atoms with Crippen molar-refractivity contribution in [3.63, 3.8) is 0 Å². The van der Waals surface area contributed by atoms with Crippen molar-refractivity contribution in [2.75, 3.05) is 13.7 Å². The Hall–Kier alpha value is -2.86. The van der Waals surface area contributed by atoms with Crippen molar-refractivity contribution in [2.24, 2.45) is 10.8 Å². The van der Waals surface area contributed by atoms with Gasteiger partial charge in [0.2, 0.25) is 0 Å². The molecule has 0 aromatic heterocycles. The number of carbonyl (C=O) groups is 2. The summed E-state index contributed by atoms with van der Waals surface area (Å²) >= 11 is 3.77. The molecule has 0 unspecified atom stereocenters. The summed E-state index contributed by atoms with van der Waals surface area (Å²) in [6, 6.07) is 10.4. The molecule has 42 heavy (non-hydrogen) atoms. The number of aryl methyl sites for hydroxylation is 2. The Morgan fingerprint density at radius 1 is 0.857 bits per heavy atom. The van der Waals surface area contributed by atoms with E-state index in [4.69, 9.17) is 9.47 Å². The quantitative estimate of drug-likeness (QED) is 0.305. The molecule has 0 atom stereocenters. The molecule has 0 saturated heterocycles. The summed E-state index contributed by atoms with van der Waals surface area (Å²) in [5.41, 5.74) is 7.84. The second kappa shape index (κ2) is 11.3. The summed E-state index contributed by atoms with van der Waals surface area (Å²) in [5, 5.41) is 0. The van der Waals surface area contributed by atoms with Crippen LogP contribution >= 0.6 is 15.9 Å². The van der Waals surface area contributed by atoms with Gasteiger partial charge < -0.3 is 14.4 Å². The fourth-order valence-electron chi connectivity index (χ4n) is 7.23. The first-order valence-electron chi connectivity index (χ1n) is 15.1. The highest BCUT2D eigenvalue weighted by atomic mass is 79.9. The van der Waals surface area contributed by atoms with Crippen molar-refractivity contribution in [3.8, 4) is 11.5 Å². The van der Waals surface area contributed by atoms with Gasteiger partial charge in [-0.3, -0.25) is 9.59 Å². The molecular weight excluding hydrogens is 590 g/mol. The summed E-state index contributed by atoms with van der Waals surface area (Å²) in [5.74, 6) is 1.05. The summed E-state index contributed by atoms with van der Waals surface area (Å²) in [6.45, 7) is 16.2. The van der Waals surface area contributed by atoms with E-state index in [1.54, 1.807) is 7.11 Å². The lowest BCUT2D eigenvalue weighted by Crippen LogP contribution is -2.44. The number of rotatable bonds is 7. The Morgan fingerprint density at radius 3 is 1.90 bits per heavy atom. The number of methoxy groups -OCH3 is 1. The highest BCUT2D eigenvalue weighted by molar-refractivity contribution is 9.10. The van der Waals surface area contributed by atoms with Gasteiger partial charge in [-0.25, -0.2) is 0 Å². The Morgan fingerprint density at radius 2 is 1.40 bits per heavy atom.